The standard InChI is InChI=1S/C25H27N3O7/c1-15-14-27(2)24(32)22(23(15)31)28(25(33)26-11-10-21(29)30)17-7-5-6-16(12-17)19-13-18(34-3)8-9-20(19)35-4/h5-9,12-14,22H,10-11H2,1-4H3,(H,26,33)(H,29,30)/t22-/m0/s1. The normalized spacial score (nSPS) is 15.4. The molecule has 0 aromatic heterocycles. The molecule has 2 aromatic rings. The zero-order chi connectivity index (χ0) is 25.7. The number of amides is 3. The number of methoxy groups -OCH3 is 2. The van der Waals surface area contributed by atoms with E-state index >= 15 is 0 Å². The second-order valence-corrected chi connectivity index (χ2v) is 7.89. The van der Waals surface area contributed by atoms with Gasteiger partial charge in [0.05, 0.1) is 20.6 Å². The number of aliphatic carboxylic acids is 1. The quantitative estimate of drug-likeness (QED) is 0.555. The van der Waals surface area contributed by atoms with Gasteiger partial charge in [0.25, 0.3) is 5.91 Å². The fraction of sp³-hybridized carbons (Fsp3) is 0.280. The first-order chi connectivity index (χ1) is 16.7. The maximum absolute atomic E-state index is 13.2. The van der Waals surface area contributed by atoms with Crippen LogP contribution in [0.15, 0.2) is 54.2 Å². The van der Waals surface area contributed by atoms with Crippen LogP contribution >= 0.6 is 0 Å². The molecule has 0 bridgehead atoms. The van der Waals surface area contributed by atoms with Gasteiger partial charge < -0.3 is 24.8 Å². The Bertz CT molecular complexity index is 1190. The molecule has 1 aliphatic heterocycles. The first-order valence-electron chi connectivity index (χ1n) is 10.8. The minimum Gasteiger partial charge on any atom is -0.497 e. The molecule has 1 heterocycles. The van der Waals surface area contributed by atoms with Crippen molar-refractivity contribution in [1.82, 2.24) is 10.2 Å². The molecule has 0 saturated carbocycles. The number of carboxylic acid groups (broad SMARTS) is 1. The summed E-state index contributed by atoms with van der Waals surface area (Å²) in [7, 11) is 4.57. The summed E-state index contributed by atoms with van der Waals surface area (Å²) in [4.78, 5) is 52.6. The number of nitrogens with one attached hydrogen (secondary N) is 1. The van der Waals surface area contributed by atoms with Gasteiger partial charge in [-0.05, 0) is 42.8 Å². The van der Waals surface area contributed by atoms with Crippen LogP contribution in [0, 0.1) is 0 Å². The first kappa shape index (κ1) is 25.3. The van der Waals surface area contributed by atoms with Gasteiger partial charge in [0.1, 0.15) is 11.5 Å². The molecule has 10 heteroatoms. The molecule has 2 N–H and O–H groups in total. The van der Waals surface area contributed by atoms with Gasteiger partial charge in [-0.1, -0.05) is 12.1 Å². The third-order valence-corrected chi connectivity index (χ3v) is 5.54. The van der Waals surface area contributed by atoms with Crippen LogP contribution in [-0.2, 0) is 14.4 Å². The van der Waals surface area contributed by atoms with Crippen molar-refractivity contribution in [1.29, 1.82) is 0 Å². The molecule has 35 heavy (non-hydrogen) atoms. The zero-order valence-electron chi connectivity index (χ0n) is 19.9. The number of nitrogens with zero attached hydrogens (tertiary/aromatic N) is 2. The Balaban J connectivity index is 2.10. The topological polar surface area (TPSA) is 125 Å². The Morgan fingerprint density at radius 2 is 1.86 bits per heavy atom. The van der Waals surface area contributed by atoms with E-state index in [1.165, 1.54) is 32.4 Å². The van der Waals surface area contributed by atoms with E-state index in [0.29, 0.717) is 28.2 Å². The van der Waals surface area contributed by atoms with Crippen LogP contribution < -0.4 is 19.7 Å². The van der Waals surface area contributed by atoms with Gasteiger partial charge in [0.15, 0.2) is 11.8 Å². The van der Waals surface area contributed by atoms with Crippen LogP contribution in [0.3, 0.4) is 0 Å². The van der Waals surface area contributed by atoms with E-state index in [-0.39, 0.29) is 18.7 Å². The van der Waals surface area contributed by atoms with Crippen molar-refractivity contribution >= 4 is 29.4 Å². The van der Waals surface area contributed by atoms with Gasteiger partial charge in [-0.15, -0.1) is 0 Å². The molecule has 0 unspecified atom stereocenters. The average Bonchev–Trinajstić information content (AvgIpc) is 2.84. The SMILES string of the molecule is COc1ccc(OC)c(-c2cccc(N(C(=O)NCCC(=O)O)[C@H]3C(=O)C(C)=CN(C)C3=O)c2)c1. The Morgan fingerprint density at radius 3 is 2.51 bits per heavy atom. The number of carbonyl (C=O) groups is 4. The predicted octanol–water partition coefficient (Wildman–Crippen LogP) is 2.68. The number of ketones is 1. The van der Waals surface area contributed by atoms with Crippen LogP contribution in [0.25, 0.3) is 11.1 Å². The fourth-order valence-corrected chi connectivity index (χ4v) is 3.77. The fourth-order valence-electron chi connectivity index (χ4n) is 3.77. The van der Waals surface area contributed by atoms with Crippen LogP contribution in [0.1, 0.15) is 13.3 Å². The lowest BCUT2D eigenvalue weighted by atomic mass is 9.98. The number of anilines is 1. The van der Waals surface area contributed by atoms with E-state index in [1.807, 2.05) is 0 Å². The summed E-state index contributed by atoms with van der Waals surface area (Å²) in [6.45, 7) is 1.39. The Labute approximate surface area is 202 Å². The van der Waals surface area contributed by atoms with Crippen molar-refractivity contribution in [3.8, 4) is 22.6 Å². The molecule has 0 spiro atoms. The summed E-state index contributed by atoms with van der Waals surface area (Å²) in [6, 6.07) is 9.78. The molecule has 184 valence electrons. The molecule has 1 aliphatic rings. The third-order valence-electron chi connectivity index (χ3n) is 5.54. The summed E-state index contributed by atoms with van der Waals surface area (Å²) >= 11 is 0. The molecular weight excluding hydrogens is 454 g/mol. The lowest BCUT2D eigenvalue weighted by molar-refractivity contribution is -0.137. The molecule has 3 amide bonds. The van der Waals surface area contributed by atoms with E-state index < -0.39 is 29.7 Å². The number of benzene rings is 2. The Morgan fingerprint density at radius 1 is 1.11 bits per heavy atom. The van der Waals surface area contributed by atoms with E-state index in [4.69, 9.17) is 14.6 Å². The van der Waals surface area contributed by atoms with E-state index in [1.54, 1.807) is 49.4 Å². The van der Waals surface area contributed by atoms with Crippen molar-refractivity contribution in [3.05, 3.63) is 54.2 Å². The number of hydrogen-bond donors (Lipinski definition) is 2. The number of likely N-dealkylation sites (N-methyl/N-ethyl adjacent to an activating group) is 1. The van der Waals surface area contributed by atoms with E-state index in [0.717, 1.165) is 4.90 Å². The lowest BCUT2D eigenvalue weighted by Crippen LogP contribution is -2.58. The summed E-state index contributed by atoms with van der Waals surface area (Å²) in [5.74, 6) is -1.05. The highest BCUT2D eigenvalue weighted by Gasteiger charge is 2.41. The van der Waals surface area contributed by atoms with Crippen molar-refractivity contribution < 1.29 is 33.8 Å². The lowest BCUT2D eigenvalue weighted by Gasteiger charge is -2.34. The molecular formula is C25H27N3O7. The first-order valence-corrected chi connectivity index (χ1v) is 10.8. The summed E-state index contributed by atoms with van der Waals surface area (Å²) in [6.07, 6.45) is 1.10. The van der Waals surface area contributed by atoms with Gasteiger partial charge in [-0.25, -0.2) is 4.79 Å². The van der Waals surface area contributed by atoms with Gasteiger partial charge in [-0.3, -0.25) is 19.3 Å². The molecule has 2 aromatic carbocycles. The maximum atomic E-state index is 13.2. The molecule has 0 fully saturated rings. The van der Waals surface area contributed by atoms with Crippen LogP contribution in [0.5, 0.6) is 11.5 Å². The van der Waals surface area contributed by atoms with Gasteiger partial charge >= 0.3 is 12.0 Å². The highest BCUT2D eigenvalue weighted by atomic mass is 16.5. The molecule has 10 nitrogen and oxygen atoms in total. The number of hydrogen-bond acceptors (Lipinski definition) is 6. The van der Waals surface area contributed by atoms with Crippen molar-refractivity contribution in [2.75, 3.05) is 32.7 Å². The van der Waals surface area contributed by atoms with Crippen LogP contribution in [-0.4, -0.2) is 67.6 Å². The molecule has 0 saturated heterocycles. The monoisotopic (exact) mass is 481 g/mol. The molecule has 3 rings (SSSR count). The second-order valence-electron chi connectivity index (χ2n) is 7.89. The minimum atomic E-state index is -1.45. The van der Waals surface area contributed by atoms with Gasteiger partial charge in [-0.2, -0.15) is 0 Å². The predicted molar refractivity (Wildman–Crippen MR) is 128 cm³/mol. The van der Waals surface area contributed by atoms with Gasteiger partial charge in [0.2, 0.25) is 0 Å². The number of ether oxygens (including phenoxy) is 2. The highest BCUT2D eigenvalue weighted by molar-refractivity contribution is 6.21. The van der Waals surface area contributed by atoms with Crippen LogP contribution in [0.4, 0.5) is 10.5 Å². The Kier molecular flexibility index (Phi) is 7.75. The van der Waals surface area contributed by atoms with E-state index in [9.17, 15) is 19.2 Å². The molecule has 0 radical (unpaired) electrons. The maximum Gasteiger partial charge on any atom is 0.323 e. The zero-order valence-corrected chi connectivity index (χ0v) is 19.9. The van der Waals surface area contributed by atoms with Crippen LogP contribution in [0.2, 0.25) is 0 Å². The number of rotatable bonds is 8. The van der Waals surface area contributed by atoms with E-state index in [2.05, 4.69) is 5.32 Å². The Hall–Kier alpha value is -4.34. The molecule has 1 atom stereocenters. The van der Waals surface area contributed by atoms with Crippen molar-refractivity contribution in [2.45, 2.75) is 19.4 Å². The number of Topliss-reactive ketones (excluding diaryl/α,β-unsaturated/α-hetero) is 1. The minimum absolute atomic E-state index is 0.173. The summed E-state index contributed by atoms with van der Waals surface area (Å²) in [5.41, 5.74) is 1.91. The highest BCUT2D eigenvalue weighted by Crippen LogP contribution is 2.36. The molecule has 0 aliphatic carbocycles. The number of urea groups is 1. The largest absolute Gasteiger partial charge is 0.497 e. The number of carbonyl (C=O) groups excluding carboxylic acids is 3. The summed E-state index contributed by atoms with van der Waals surface area (Å²) < 4.78 is 10.8. The second kappa shape index (κ2) is 10.7. The number of carboxylic acids is 1. The van der Waals surface area contributed by atoms with Crippen molar-refractivity contribution in [2.24, 2.45) is 0 Å². The van der Waals surface area contributed by atoms with Gasteiger partial charge in [0, 0.05) is 36.6 Å². The third kappa shape index (κ3) is 5.43. The summed E-state index contributed by atoms with van der Waals surface area (Å²) in [5, 5.41) is 11.4. The smallest absolute Gasteiger partial charge is 0.323 e. The van der Waals surface area contributed by atoms with Crippen molar-refractivity contribution in [3.63, 3.8) is 0 Å². The average molecular weight is 482 g/mol.